The van der Waals surface area contributed by atoms with E-state index in [0.29, 0.717) is 0 Å². The van der Waals surface area contributed by atoms with Gasteiger partial charge in [-0.2, -0.15) is 0 Å². The van der Waals surface area contributed by atoms with Gasteiger partial charge in [0.05, 0.1) is 0 Å². The first kappa shape index (κ1) is 14.1. The van der Waals surface area contributed by atoms with Gasteiger partial charge in [-0.1, -0.05) is 30.5 Å². The average Bonchev–Trinajstić information content (AvgIpc) is 2.67. The summed E-state index contributed by atoms with van der Waals surface area (Å²) in [6, 6.07) is 7.74. The van der Waals surface area contributed by atoms with Crippen LogP contribution in [0.1, 0.15) is 41.6 Å². The Morgan fingerprint density at radius 1 is 1.21 bits per heavy atom. The third kappa shape index (κ3) is 4.67. The molecule has 1 aromatic rings. The highest BCUT2D eigenvalue weighted by Crippen LogP contribution is 2.08. The van der Waals surface area contributed by atoms with E-state index in [4.69, 9.17) is 0 Å². The molecule has 1 amide bonds. The number of amides is 1. The van der Waals surface area contributed by atoms with Crippen molar-refractivity contribution in [3.8, 4) is 0 Å². The fraction of sp³-hybridized carbons (Fsp3) is 0.562. The zero-order valence-electron chi connectivity index (χ0n) is 11.8. The van der Waals surface area contributed by atoms with Crippen molar-refractivity contribution in [1.29, 1.82) is 0 Å². The summed E-state index contributed by atoms with van der Waals surface area (Å²) in [5, 5.41) is 3.01. The molecule has 2 rings (SSSR count). The lowest BCUT2D eigenvalue weighted by Crippen LogP contribution is -2.35. The number of hydrogen-bond donors (Lipinski definition) is 1. The molecular weight excluding hydrogens is 236 g/mol. The quantitative estimate of drug-likeness (QED) is 0.902. The van der Waals surface area contributed by atoms with E-state index in [9.17, 15) is 4.79 Å². The van der Waals surface area contributed by atoms with Crippen molar-refractivity contribution in [2.45, 2.75) is 32.6 Å². The number of hydrogen-bond acceptors (Lipinski definition) is 2. The van der Waals surface area contributed by atoms with Gasteiger partial charge in [0.2, 0.25) is 0 Å². The molecule has 3 heteroatoms. The van der Waals surface area contributed by atoms with Crippen LogP contribution < -0.4 is 5.32 Å². The Kier molecular flexibility index (Phi) is 5.40. The van der Waals surface area contributed by atoms with Crippen LogP contribution in [-0.4, -0.2) is 37.0 Å². The van der Waals surface area contributed by atoms with E-state index in [1.807, 2.05) is 31.2 Å². The smallest absolute Gasteiger partial charge is 0.251 e. The topological polar surface area (TPSA) is 32.3 Å². The number of carbonyl (C=O) groups excluding carboxylic acids is 1. The molecule has 0 radical (unpaired) electrons. The van der Waals surface area contributed by atoms with Crippen LogP contribution in [0.5, 0.6) is 0 Å². The molecular formula is C16H24N2O. The molecule has 1 aromatic carbocycles. The lowest BCUT2D eigenvalue weighted by atomic mass is 10.1. The molecule has 1 aliphatic heterocycles. The predicted molar refractivity (Wildman–Crippen MR) is 78.4 cm³/mol. The highest BCUT2D eigenvalue weighted by molar-refractivity contribution is 5.94. The highest BCUT2D eigenvalue weighted by atomic mass is 16.1. The van der Waals surface area contributed by atoms with Crippen molar-refractivity contribution in [2.24, 2.45) is 0 Å². The normalized spacial score (nSPS) is 16.9. The first-order chi connectivity index (χ1) is 9.25. The summed E-state index contributed by atoms with van der Waals surface area (Å²) in [6.45, 7) is 6.08. The molecule has 19 heavy (non-hydrogen) atoms. The summed E-state index contributed by atoms with van der Waals surface area (Å²) in [5.41, 5.74) is 1.89. The largest absolute Gasteiger partial charge is 0.351 e. The van der Waals surface area contributed by atoms with Gasteiger partial charge in [0.15, 0.2) is 0 Å². The van der Waals surface area contributed by atoms with Crippen LogP contribution in [0.15, 0.2) is 24.3 Å². The lowest BCUT2D eigenvalue weighted by Gasteiger charge is -2.19. The van der Waals surface area contributed by atoms with Crippen LogP contribution in [-0.2, 0) is 0 Å². The zero-order chi connectivity index (χ0) is 13.5. The molecule has 0 spiro atoms. The summed E-state index contributed by atoms with van der Waals surface area (Å²) in [4.78, 5) is 14.4. The molecule has 0 bridgehead atoms. The number of carbonyl (C=O) groups is 1. The van der Waals surface area contributed by atoms with Gasteiger partial charge in [-0.25, -0.2) is 0 Å². The highest BCUT2D eigenvalue weighted by Gasteiger charge is 2.09. The Hall–Kier alpha value is -1.35. The second-order valence-corrected chi connectivity index (χ2v) is 5.38. The number of nitrogens with zero attached hydrogens (tertiary/aromatic N) is 1. The third-order valence-electron chi connectivity index (χ3n) is 3.69. The lowest BCUT2D eigenvalue weighted by molar-refractivity contribution is 0.0948. The van der Waals surface area contributed by atoms with Gasteiger partial charge < -0.3 is 10.2 Å². The summed E-state index contributed by atoms with van der Waals surface area (Å²) >= 11 is 0. The van der Waals surface area contributed by atoms with E-state index >= 15 is 0 Å². The van der Waals surface area contributed by atoms with Crippen molar-refractivity contribution in [3.05, 3.63) is 35.4 Å². The van der Waals surface area contributed by atoms with E-state index in [2.05, 4.69) is 10.2 Å². The molecule has 0 atom stereocenters. The van der Waals surface area contributed by atoms with Crippen LogP contribution in [0, 0.1) is 6.92 Å². The molecule has 0 unspecified atom stereocenters. The van der Waals surface area contributed by atoms with Crippen molar-refractivity contribution in [1.82, 2.24) is 10.2 Å². The molecule has 0 aliphatic carbocycles. The van der Waals surface area contributed by atoms with Crippen LogP contribution >= 0.6 is 0 Å². The molecule has 104 valence electrons. The maximum absolute atomic E-state index is 12.0. The molecule has 1 N–H and O–H groups in total. The Morgan fingerprint density at radius 3 is 2.63 bits per heavy atom. The average molecular weight is 260 g/mol. The van der Waals surface area contributed by atoms with Gasteiger partial charge >= 0.3 is 0 Å². The fourth-order valence-corrected chi connectivity index (χ4v) is 2.58. The summed E-state index contributed by atoms with van der Waals surface area (Å²) in [7, 11) is 0. The van der Waals surface area contributed by atoms with Crippen LogP contribution in [0.25, 0.3) is 0 Å². The Bertz CT molecular complexity index is 409. The van der Waals surface area contributed by atoms with Crippen molar-refractivity contribution >= 4 is 5.91 Å². The Balaban J connectivity index is 1.74. The SMILES string of the molecule is Cc1cccc(C(=O)NCCN2CCCCCC2)c1. The van der Waals surface area contributed by atoms with Gasteiger partial charge in [0.1, 0.15) is 0 Å². The summed E-state index contributed by atoms with van der Waals surface area (Å²) < 4.78 is 0. The first-order valence-electron chi connectivity index (χ1n) is 7.33. The number of likely N-dealkylation sites (tertiary alicyclic amines) is 1. The van der Waals surface area contributed by atoms with E-state index in [1.165, 1.54) is 38.8 Å². The maximum atomic E-state index is 12.0. The maximum Gasteiger partial charge on any atom is 0.251 e. The molecule has 0 saturated carbocycles. The molecule has 0 aromatic heterocycles. The van der Waals surface area contributed by atoms with Gasteiger partial charge in [0, 0.05) is 18.7 Å². The minimum absolute atomic E-state index is 0.0403. The Labute approximate surface area is 116 Å². The van der Waals surface area contributed by atoms with Gasteiger partial charge in [-0.05, 0) is 45.0 Å². The van der Waals surface area contributed by atoms with Crippen molar-refractivity contribution in [3.63, 3.8) is 0 Å². The standard InChI is InChI=1S/C16H24N2O/c1-14-7-6-8-15(13-14)16(19)17-9-12-18-10-4-2-3-5-11-18/h6-8,13H,2-5,9-12H2,1H3,(H,17,19). The molecule has 1 fully saturated rings. The van der Waals surface area contributed by atoms with Crippen LogP contribution in [0.2, 0.25) is 0 Å². The van der Waals surface area contributed by atoms with E-state index in [-0.39, 0.29) is 5.91 Å². The van der Waals surface area contributed by atoms with Gasteiger partial charge in [-0.15, -0.1) is 0 Å². The van der Waals surface area contributed by atoms with Crippen LogP contribution in [0.3, 0.4) is 0 Å². The summed E-state index contributed by atoms with van der Waals surface area (Å²) in [5.74, 6) is 0.0403. The van der Waals surface area contributed by atoms with Crippen molar-refractivity contribution in [2.75, 3.05) is 26.2 Å². The molecule has 1 saturated heterocycles. The predicted octanol–water partition coefficient (Wildman–Crippen LogP) is 2.60. The second-order valence-electron chi connectivity index (χ2n) is 5.38. The van der Waals surface area contributed by atoms with E-state index in [1.54, 1.807) is 0 Å². The number of aryl methyl sites for hydroxylation is 1. The van der Waals surface area contributed by atoms with Gasteiger partial charge in [0.25, 0.3) is 5.91 Å². The van der Waals surface area contributed by atoms with E-state index < -0.39 is 0 Å². The number of nitrogens with one attached hydrogen (secondary N) is 1. The van der Waals surface area contributed by atoms with Gasteiger partial charge in [-0.3, -0.25) is 4.79 Å². The summed E-state index contributed by atoms with van der Waals surface area (Å²) in [6.07, 6.45) is 5.30. The zero-order valence-corrected chi connectivity index (χ0v) is 11.8. The molecule has 3 nitrogen and oxygen atoms in total. The number of rotatable bonds is 4. The van der Waals surface area contributed by atoms with Crippen molar-refractivity contribution < 1.29 is 4.79 Å². The number of benzene rings is 1. The molecule has 1 aliphatic rings. The minimum Gasteiger partial charge on any atom is -0.351 e. The second kappa shape index (κ2) is 7.29. The van der Waals surface area contributed by atoms with Crippen LogP contribution in [0.4, 0.5) is 0 Å². The minimum atomic E-state index is 0.0403. The third-order valence-corrected chi connectivity index (χ3v) is 3.69. The monoisotopic (exact) mass is 260 g/mol. The van der Waals surface area contributed by atoms with E-state index in [0.717, 1.165) is 24.2 Å². The molecule has 1 heterocycles. The Morgan fingerprint density at radius 2 is 1.95 bits per heavy atom. The fourth-order valence-electron chi connectivity index (χ4n) is 2.58. The first-order valence-corrected chi connectivity index (χ1v) is 7.33.